The van der Waals surface area contributed by atoms with Crippen molar-refractivity contribution in [2.45, 2.75) is 19.3 Å². The van der Waals surface area contributed by atoms with Gasteiger partial charge in [0.25, 0.3) is 0 Å². The minimum absolute atomic E-state index is 0.264. The smallest absolute Gasteiger partial charge is 0.0468 e. The highest BCUT2D eigenvalue weighted by atomic mass is 15.1. The van der Waals surface area contributed by atoms with Crippen molar-refractivity contribution < 1.29 is 0 Å². The number of benzene rings is 11. The fourth-order valence-electron chi connectivity index (χ4n) is 10.4. The minimum Gasteiger partial charge on any atom is -0.310 e. The third-order valence-corrected chi connectivity index (χ3v) is 14.1. The highest BCUT2D eigenvalue weighted by molar-refractivity contribution is 5.92. The van der Waals surface area contributed by atoms with Crippen LogP contribution in [0.1, 0.15) is 25.0 Å². The summed E-state index contributed by atoms with van der Waals surface area (Å²) in [5.74, 6) is 0. The van der Waals surface area contributed by atoms with Crippen molar-refractivity contribution in [1.29, 1.82) is 0 Å². The molecule has 1 aliphatic carbocycles. The summed E-state index contributed by atoms with van der Waals surface area (Å²) < 4.78 is 0. The van der Waals surface area contributed by atoms with Gasteiger partial charge in [0.1, 0.15) is 0 Å². The molecule has 11 aromatic rings. The van der Waals surface area contributed by atoms with Crippen LogP contribution in [0.3, 0.4) is 0 Å². The van der Waals surface area contributed by atoms with Crippen molar-refractivity contribution in [3.8, 4) is 55.6 Å². The van der Waals surface area contributed by atoms with Gasteiger partial charge in [0, 0.05) is 39.5 Å². The normalized spacial score (nSPS) is 12.3. The summed E-state index contributed by atoms with van der Waals surface area (Å²) in [7, 11) is 0. The molecule has 0 fully saturated rings. The molecule has 0 spiro atoms. The Morgan fingerprint density at radius 1 is 0.232 bits per heavy atom. The van der Waals surface area contributed by atoms with Crippen LogP contribution in [0.4, 0.5) is 34.1 Å². The maximum Gasteiger partial charge on any atom is 0.0468 e. The van der Waals surface area contributed by atoms with E-state index in [1.165, 1.54) is 77.5 Å². The van der Waals surface area contributed by atoms with E-state index in [1.807, 2.05) is 0 Å². The molecular weight excluding hydrogens is 833 g/mol. The van der Waals surface area contributed by atoms with E-state index < -0.39 is 0 Å². The number of hydrogen-bond acceptors (Lipinski definition) is 2. The van der Waals surface area contributed by atoms with Gasteiger partial charge in [-0.2, -0.15) is 0 Å². The van der Waals surface area contributed by atoms with Crippen molar-refractivity contribution in [3.05, 3.63) is 278 Å². The molecule has 0 unspecified atom stereocenters. The first-order chi connectivity index (χ1) is 33.9. The number of rotatable bonds is 10. The van der Waals surface area contributed by atoms with Crippen molar-refractivity contribution in [2.75, 3.05) is 9.80 Å². The third-order valence-electron chi connectivity index (χ3n) is 14.1. The maximum atomic E-state index is 2.43. The molecular formula is C67H50N2. The van der Waals surface area contributed by atoms with E-state index in [9.17, 15) is 0 Å². The summed E-state index contributed by atoms with van der Waals surface area (Å²) in [5, 5.41) is 2.46. The first kappa shape index (κ1) is 41.7. The molecule has 0 bridgehead atoms. The Morgan fingerprint density at radius 2 is 0.522 bits per heavy atom. The summed E-state index contributed by atoms with van der Waals surface area (Å²) in [6.45, 7) is 4.77. The molecule has 0 aromatic heterocycles. The Labute approximate surface area is 405 Å². The summed E-state index contributed by atoms with van der Waals surface area (Å²) in [6, 6.07) is 97.2. The Hall–Kier alpha value is -8.72. The summed E-state index contributed by atoms with van der Waals surface area (Å²) in [6.07, 6.45) is 0. The third kappa shape index (κ3) is 7.86. The van der Waals surface area contributed by atoms with Gasteiger partial charge in [0.05, 0.1) is 0 Å². The lowest BCUT2D eigenvalue weighted by Crippen LogP contribution is -2.17. The topological polar surface area (TPSA) is 6.48 Å². The molecule has 328 valence electrons. The Balaban J connectivity index is 0.909. The number of para-hydroxylation sites is 1. The van der Waals surface area contributed by atoms with Gasteiger partial charge >= 0.3 is 0 Å². The summed E-state index contributed by atoms with van der Waals surface area (Å²) in [5.41, 5.74) is 21.3. The molecule has 1 aliphatic rings. The van der Waals surface area contributed by atoms with Crippen LogP contribution in [-0.4, -0.2) is 0 Å². The standard InChI is InChI=1S/C67H50N2/c1-67(2)65-45-61(40-42-63(65)64-43-41-62(46-66(64)67)69(57-20-10-5-11-21-57)60-39-34-49-18-12-13-19-56(49)44-60)68(58-35-30-54(31-36-58)52-26-22-50(23-27-52)47-14-6-3-7-15-47)59-37-32-55(33-38-59)53-28-24-51(25-29-53)48-16-8-4-9-17-48/h3-46H,1-2H3. The second-order valence-corrected chi connectivity index (χ2v) is 18.6. The van der Waals surface area contributed by atoms with E-state index in [0.717, 1.165) is 34.1 Å². The lowest BCUT2D eigenvalue weighted by molar-refractivity contribution is 0.660. The SMILES string of the molecule is CC1(C)c2cc(N(c3ccc(-c4ccc(-c5ccccc5)cc4)cc3)c3ccc(-c4ccc(-c5ccccc5)cc4)cc3)ccc2-c2ccc(N(c3ccccc3)c3ccc4ccccc4c3)cc21. The second kappa shape index (κ2) is 17.5. The number of nitrogens with zero attached hydrogens (tertiary/aromatic N) is 2. The van der Waals surface area contributed by atoms with Gasteiger partial charge in [-0.1, -0.05) is 208 Å². The zero-order valence-corrected chi connectivity index (χ0v) is 38.8. The Morgan fingerprint density at radius 3 is 0.957 bits per heavy atom. The van der Waals surface area contributed by atoms with Gasteiger partial charge in [-0.25, -0.2) is 0 Å². The molecule has 0 saturated carbocycles. The number of anilines is 6. The lowest BCUT2D eigenvalue weighted by atomic mass is 9.82. The van der Waals surface area contributed by atoms with Crippen LogP contribution in [0.25, 0.3) is 66.4 Å². The van der Waals surface area contributed by atoms with Crippen LogP contribution >= 0.6 is 0 Å². The molecule has 12 rings (SSSR count). The van der Waals surface area contributed by atoms with Crippen molar-refractivity contribution in [1.82, 2.24) is 0 Å². The van der Waals surface area contributed by atoms with E-state index in [-0.39, 0.29) is 5.41 Å². The average molecular weight is 883 g/mol. The number of hydrogen-bond donors (Lipinski definition) is 0. The molecule has 0 heterocycles. The molecule has 0 saturated heterocycles. The maximum absolute atomic E-state index is 2.43. The molecule has 0 atom stereocenters. The quantitative estimate of drug-likeness (QED) is 0.135. The highest BCUT2D eigenvalue weighted by Gasteiger charge is 2.37. The molecule has 11 aromatic carbocycles. The van der Waals surface area contributed by atoms with E-state index >= 15 is 0 Å². The van der Waals surface area contributed by atoms with Gasteiger partial charge < -0.3 is 9.80 Å². The van der Waals surface area contributed by atoms with Crippen LogP contribution < -0.4 is 9.80 Å². The van der Waals surface area contributed by atoms with E-state index in [0.29, 0.717) is 0 Å². The molecule has 0 N–H and O–H groups in total. The average Bonchev–Trinajstić information content (AvgIpc) is 3.64. The molecule has 0 amide bonds. The fraction of sp³-hybridized carbons (Fsp3) is 0.0448. The van der Waals surface area contributed by atoms with E-state index in [2.05, 4.69) is 291 Å². The molecule has 2 heteroatoms. The van der Waals surface area contributed by atoms with Crippen LogP contribution in [-0.2, 0) is 5.41 Å². The van der Waals surface area contributed by atoms with Gasteiger partial charge in [-0.15, -0.1) is 0 Å². The monoisotopic (exact) mass is 882 g/mol. The molecule has 0 aliphatic heterocycles. The zero-order valence-electron chi connectivity index (χ0n) is 38.8. The first-order valence-electron chi connectivity index (χ1n) is 23.9. The second-order valence-electron chi connectivity index (χ2n) is 18.6. The predicted molar refractivity (Wildman–Crippen MR) is 293 cm³/mol. The van der Waals surface area contributed by atoms with E-state index in [1.54, 1.807) is 0 Å². The van der Waals surface area contributed by atoms with Crippen molar-refractivity contribution in [2.24, 2.45) is 0 Å². The predicted octanol–water partition coefficient (Wildman–Crippen LogP) is 18.8. The first-order valence-corrected chi connectivity index (χ1v) is 23.9. The van der Waals surface area contributed by atoms with Crippen LogP contribution in [0.2, 0.25) is 0 Å². The van der Waals surface area contributed by atoms with Gasteiger partial charge in [-0.3, -0.25) is 0 Å². The van der Waals surface area contributed by atoms with Crippen molar-refractivity contribution >= 4 is 44.9 Å². The molecule has 69 heavy (non-hydrogen) atoms. The van der Waals surface area contributed by atoms with E-state index in [4.69, 9.17) is 0 Å². The van der Waals surface area contributed by atoms with Crippen LogP contribution in [0.5, 0.6) is 0 Å². The fourth-order valence-corrected chi connectivity index (χ4v) is 10.4. The van der Waals surface area contributed by atoms with Gasteiger partial charge in [0.15, 0.2) is 0 Å². The zero-order chi connectivity index (χ0) is 46.3. The largest absolute Gasteiger partial charge is 0.310 e. The summed E-state index contributed by atoms with van der Waals surface area (Å²) >= 11 is 0. The van der Waals surface area contributed by atoms with Crippen LogP contribution in [0, 0.1) is 0 Å². The Bertz CT molecular complexity index is 3450. The minimum atomic E-state index is -0.264. The molecule has 2 nitrogen and oxygen atoms in total. The highest BCUT2D eigenvalue weighted by Crippen LogP contribution is 2.53. The van der Waals surface area contributed by atoms with Crippen LogP contribution in [0.15, 0.2) is 267 Å². The van der Waals surface area contributed by atoms with Crippen molar-refractivity contribution in [3.63, 3.8) is 0 Å². The number of fused-ring (bicyclic) bond motifs is 4. The molecule has 0 radical (unpaired) electrons. The van der Waals surface area contributed by atoms with Gasteiger partial charge in [-0.05, 0) is 150 Å². The summed E-state index contributed by atoms with van der Waals surface area (Å²) in [4.78, 5) is 4.80. The van der Waals surface area contributed by atoms with Gasteiger partial charge in [0.2, 0.25) is 0 Å². The lowest BCUT2D eigenvalue weighted by Gasteiger charge is -2.29. The Kier molecular flexibility index (Phi) is 10.6.